The molecule has 0 saturated carbocycles. The zero-order valence-corrected chi connectivity index (χ0v) is 12.4. The Morgan fingerprint density at radius 2 is 2.06 bits per heavy atom. The van der Waals surface area contributed by atoms with Crippen LogP contribution in [0, 0.1) is 6.92 Å². The van der Waals surface area contributed by atoms with Crippen LogP contribution >= 0.6 is 27.3 Å². The van der Waals surface area contributed by atoms with E-state index in [0.717, 1.165) is 31.8 Å². The Hall–Kier alpha value is -1.26. The molecule has 3 rings (SSSR count). The average molecular weight is 323 g/mol. The molecule has 4 heteroatoms. The molecule has 0 aliphatic heterocycles. The van der Waals surface area contributed by atoms with Crippen molar-refractivity contribution in [2.75, 3.05) is 7.11 Å². The van der Waals surface area contributed by atoms with Gasteiger partial charge >= 0.3 is 0 Å². The quantitative estimate of drug-likeness (QED) is 0.643. The van der Waals surface area contributed by atoms with E-state index in [2.05, 4.69) is 35.0 Å². The number of furan rings is 1. The van der Waals surface area contributed by atoms with Crippen LogP contribution in [0.5, 0.6) is 5.75 Å². The van der Waals surface area contributed by atoms with Crippen molar-refractivity contribution < 1.29 is 9.15 Å². The molecule has 0 N–H and O–H groups in total. The maximum absolute atomic E-state index is 5.92. The Bertz CT molecular complexity index is 712. The van der Waals surface area contributed by atoms with Gasteiger partial charge in [0.25, 0.3) is 0 Å². The van der Waals surface area contributed by atoms with Gasteiger partial charge in [-0.3, -0.25) is 0 Å². The molecule has 18 heavy (non-hydrogen) atoms. The first-order valence-electron chi connectivity index (χ1n) is 5.52. The van der Waals surface area contributed by atoms with Gasteiger partial charge in [0.15, 0.2) is 5.76 Å². The van der Waals surface area contributed by atoms with Gasteiger partial charge in [0.1, 0.15) is 11.3 Å². The summed E-state index contributed by atoms with van der Waals surface area (Å²) >= 11 is 5.34. The molecule has 0 amide bonds. The highest BCUT2D eigenvalue weighted by atomic mass is 79.9. The van der Waals surface area contributed by atoms with Crippen LogP contribution in [0.3, 0.4) is 0 Å². The number of rotatable bonds is 2. The summed E-state index contributed by atoms with van der Waals surface area (Å²) in [6.07, 6.45) is 0. The average Bonchev–Trinajstić information content (AvgIpc) is 2.93. The van der Waals surface area contributed by atoms with E-state index in [4.69, 9.17) is 9.15 Å². The summed E-state index contributed by atoms with van der Waals surface area (Å²) in [6.45, 7) is 2.09. The standard InChI is InChI=1S/C14H11BrO2S/c1-8-3-6-12(18-8)14-13(15)10-5-4-9(16-2)7-11(10)17-14/h3-7H,1-2H3. The first kappa shape index (κ1) is 11.8. The highest BCUT2D eigenvalue weighted by Crippen LogP contribution is 2.41. The van der Waals surface area contributed by atoms with E-state index in [-0.39, 0.29) is 0 Å². The van der Waals surface area contributed by atoms with Crippen LogP contribution in [0.25, 0.3) is 21.6 Å². The van der Waals surface area contributed by atoms with E-state index >= 15 is 0 Å². The fraction of sp³-hybridized carbons (Fsp3) is 0.143. The molecule has 2 heterocycles. The maximum Gasteiger partial charge on any atom is 0.159 e. The molecule has 2 nitrogen and oxygen atoms in total. The molecule has 92 valence electrons. The predicted molar refractivity (Wildman–Crippen MR) is 78.5 cm³/mol. The van der Waals surface area contributed by atoms with Gasteiger partial charge in [-0.15, -0.1) is 11.3 Å². The summed E-state index contributed by atoms with van der Waals surface area (Å²) in [4.78, 5) is 2.41. The van der Waals surface area contributed by atoms with Crippen LogP contribution in [-0.2, 0) is 0 Å². The van der Waals surface area contributed by atoms with E-state index in [1.165, 1.54) is 4.88 Å². The normalized spacial score (nSPS) is 11.1. The number of hydrogen-bond acceptors (Lipinski definition) is 3. The number of methoxy groups -OCH3 is 1. The van der Waals surface area contributed by atoms with E-state index in [1.54, 1.807) is 18.4 Å². The molecule has 0 atom stereocenters. The summed E-state index contributed by atoms with van der Waals surface area (Å²) in [5, 5.41) is 1.07. The molecule has 2 aromatic heterocycles. The molecule has 0 spiro atoms. The van der Waals surface area contributed by atoms with Crippen LogP contribution in [-0.4, -0.2) is 7.11 Å². The Morgan fingerprint density at radius 3 is 2.72 bits per heavy atom. The van der Waals surface area contributed by atoms with Gasteiger partial charge in [-0.25, -0.2) is 0 Å². The molecular weight excluding hydrogens is 312 g/mol. The number of fused-ring (bicyclic) bond motifs is 1. The van der Waals surface area contributed by atoms with Gasteiger partial charge < -0.3 is 9.15 Å². The van der Waals surface area contributed by atoms with Crippen LogP contribution in [0.1, 0.15) is 4.88 Å². The van der Waals surface area contributed by atoms with Crippen molar-refractivity contribution in [3.63, 3.8) is 0 Å². The first-order valence-corrected chi connectivity index (χ1v) is 7.13. The van der Waals surface area contributed by atoms with E-state index < -0.39 is 0 Å². The van der Waals surface area contributed by atoms with Crippen LogP contribution in [0.4, 0.5) is 0 Å². The van der Waals surface area contributed by atoms with Gasteiger partial charge in [-0.2, -0.15) is 0 Å². The van der Waals surface area contributed by atoms with Crippen molar-refractivity contribution in [3.05, 3.63) is 39.7 Å². The number of benzene rings is 1. The molecule has 0 aliphatic rings. The smallest absolute Gasteiger partial charge is 0.159 e. The molecule has 0 radical (unpaired) electrons. The van der Waals surface area contributed by atoms with Crippen molar-refractivity contribution in [1.29, 1.82) is 0 Å². The lowest BCUT2D eigenvalue weighted by Gasteiger charge is -1.96. The second-order valence-electron chi connectivity index (χ2n) is 4.02. The van der Waals surface area contributed by atoms with E-state index in [9.17, 15) is 0 Å². The zero-order chi connectivity index (χ0) is 12.7. The Labute approximate surface area is 117 Å². The Balaban J connectivity index is 2.22. The lowest BCUT2D eigenvalue weighted by atomic mass is 10.2. The summed E-state index contributed by atoms with van der Waals surface area (Å²) in [7, 11) is 1.66. The number of aryl methyl sites for hydroxylation is 1. The van der Waals surface area contributed by atoms with Crippen molar-refractivity contribution in [1.82, 2.24) is 0 Å². The highest BCUT2D eigenvalue weighted by molar-refractivity contribution is 9.10. The largest absolute Gasteiger partial charge is 0.497 e. The van der Waals surface area contributed by atoms with Crippen molar-refractivity contribution >= 4 is 38.2 Å². The SMILES string of the molecule is COc1ccc2c(Br)c(-c3ccc(C)s3)oc2c1. The number of ether oxygens (including phenoxy) is 1. The zero-order valence-electron chi connectivity index (χ0n) is 9.99. The topological polar surface area (TPSA) is 22.4 Å². The summed E-state index contributed by atoms with van der Waals surface area (Å²) in [5.74, 6) is 1.69. The monoisotopic (exact) mass is 322 g/mol. The number of thiophene rings is 1. The van der Waals surface area contributed by atoms with Gasteiger partial charge in [0.2, 0.25) is 0 Å². The minimum Gasteiger partial charge on any atom is -0.497 e. The predicted octanol–water partition coefficient (Wildman–Crippen LogP) is 5.24. The lowest BCUT2D eigenvalue weighted by Crippen LogP contribution is -1.80. The molecule has 3 aromatic rings. The van der Waals surface area contributed by atoms with Crippen LogP contribution in [0.2, 0.25) is 0 Å². The number of hydrogen-bond donors (Lipinski definition) is 0. The fourth-order valence-corrected chi connectivity index (χ4v) is 3.50. The first-order chi connectivity index (χ1) is 8.69. The summed E-state index contributed by atoms with van der Waals surface area (Å²) in [5.41, 5.74) is 0.835. The maximum atomic E-state index is 5.92. The molecular formula is C14H11BrO2S. The van der Waals surface area contributed by atoms with Crippen molar-refractivity contribution in [2.45, 2.75) is 6.92 Å². The van der Waals surface area contributed by atoms with Gasteiger partial charge in [-0.1, -0.05) is 0 Å². The minimum atomic E-state index is 0.803. The third kappa shape index (κ3) is 1.85. The summed E-state index contributed by atoms with van der Waals surface area (Å²) in [6, 6.07) is 10.0. The van der Waals surface area contributed by atoms with Crippen molar-refractivity contribution in [2.24, 2.45) is 0 Å². The van der Waals surface area contributed by atoms with Crippen LogP contribution < -0.4 is 4.74 Å². The van der Waals surface area contributed by atoms with E-state index in [0.29, 0.717) is 0 Å². The third-order valence-electron chi connectivity index (χ3n) is 2.80. The molecule has 0 unspecified atom stereocenters. The summed E-state index contributed by atoms with van der Waals surface area (Å²) < 4.78 is 12.1. The van der Waals surface area contributed by atoms with Gasteiger partial charge in [-0.05, 0) is 47.1 Å². The fourth-order valence-electron chi connectivity index (χ4n) is 1.89. The Kier molecular flexibility index (Phi) is 2.92. The number of halogens is 1. The molecule has 0 bridgehead atoms. The Morgan fingerprint density at radius 1 is 1.22 bits per heavy atom. The lowest BCUT2D eigenvalue weighted by molar-refractivity contribution is 0.414. The molecule has 0 aliphatic carbocycles. The van der Waals surface area contributed by atoms with Gasteiger partial charge in [0, 0.05) is 16.3 Å². The van der Waals surface area contributed by atoms with Gasteiger partial charge in [0.05, 0.1) is 16.5 Å². The molecule has 1 aromatic carbocycles. The molecule has 0 fully saturated rings. The third-order valence-corrected chi connectivity index (χ3v) is 4.59. The van der Waals surface area contributed by atoms with Crippen LogP contribution in [0.15, 0.2) is 39.2 Å². The minimum absolute atomic E-state index is 0.803. The van der Waals surface area contributed by atoms with E-state index in [1.807, 2.05) is 18.2 Å². The molecule has 0 saturated heterocycles. The van der Waals surface area contributed by atoms with Crippen molar-refractivity contribution in [3.8, 4) is 16.4 Å². The second kappa shape index (κ2) is 4.44. The second-order valence-corrected chi connectivity index (χ2v) is 6.10. The highest BCUT2D eigenvalue weighted by Gasteiger charge is 2.15.